The molecule has 0 aliphatic rings. The predicted molar refractivity (Wildman–Crippen MR) is 65.8 cm³/mol. The van der Waals surface area contributed by atoms with Crippen LogP contribution in [0.5, 0.6) is 0 Å². The summed E-state index contributed by atoms with van der Waals surface area (Å²) >= 11 is 0. The second-order valence-corrected chi connectivity index (χ2v) is 3.29. The van der Waals surface area contributed by atoms with Gasteiger partial charge in [-0.2, -0.15) is 0 Å². The Bertz CT molecular complexity index is 296. The van der Waals surface area contributed by atoms with Crippen molar-refractivity contribution in [3.63, 3.8) is 0 Å². The molecule has 0 saturated carbocycles. The summed E-state index contributed by atoms with van der Waals surface area (Å²) in [7, 11) is 0. The van der Waals surface area contributed by atoms with Crippen LogP contribution >= 0.6 is 0 Å². The first kappa shape index (κ1) is 24.5. The summed E-state index contributed by atoms with van der Waals surface area (Å²) in [6, 6.07) is 0. The fourth-order valence-corrected chi connectivity index (χ4v) is 0.666. The first-order valence-corrected chi connectivity index (χ1v) is 4.95. The molecule has 0 bridgehead atoms. The van der Waals surface area contributed by atoms with E-state index in [1.807, 2.05) is 0 Å². The van der Waals surface area contributed by atoms with E-state index in [0.29, 0.717) is 0 Å². The fraction of sp³-hybridized carbons (Fsp3) is 0.667. The number of carboxylic acids is 3. The molecule has 0 heterocycles. The molecular weight excluding hydrogens is 308 g/mol. The molecule has 4 atom stereocenters. The quantitative estimate of drug-likeness (QED) is 0.238. The Kier molecular flexibility index (Phi) is 15.0. The van der Waals surface area contributed by atoms with Crippen LogP contribution in [-0.4, -0.2) is 116 Å². The van der Waals surface area contributed by atoms with E-state index >= 15 is 0 Å². The first-order chi connectivity index (χ1) is 8.56. The molecule has 0 amide bonds. The van der Waals surface area contributed by atoms with Crippen molar-refractivity contribution in [2.75, 3.05) is 0 Å². The number of carbonyl (C=O) groups is 3. The Morgan fingerprint density at radius 3 is 1.10 bits per heavy atom. The third-order valence-corrected chi connectivity index (χ3v) is 1.81. The zero-order valence-electron chi connectivity index (χ0n) is 9.87. The van der Waals surface area contributed by atoms with Gasteiger partial charge in [0.25, 0.3) is 0 Å². The molecule has 0 aliphatic heterocycles. The van der Waals surface area contributed by atoms with E-state index in [9.17, 15) is 14.4 Å². The number of rotatable bonds is 6. The second kappa shape index (κ2) is 12.3. The molecule has 7 N–H and O–H groups in total. The third kappa shape index (κ3) is 10.3. The SMILES string of the molecule is CCC(=O)O.O=C(O)C(O)C(O)C(O)C(O)C(=O)O.[CaH2]. The van der Waals surface area contributed by atoms with E-state index in [-0.39, 0.29) is 44.2 Å². The van der Waals surface area contributed by atoms with Crippen molar-refractivity contribution in [1.82, 2.24) is 0 Å². The average molecular weight is 326 g/mol. The Labute approximate surface area is 143 Å². The van der Waals surface area contributed by atoms with Crippen LogP contribution in [0.25, 0.3) is 0 Å². The molecule has 0 radical (unpaired) electrons. The second-order valence-electron chi connectivity index (χ2n) is 3.29. The van der Waals surface area contributed by atoms with Gasteiger partial charge in [0.2, 0.25) is 0 Å². The Morgan fingerprint density at radius 2 is 1.00 bits per heavy atom. The number of aliphatic hydroxyl groups is 4. The standard InChI is InChI=1S/C6H10O8.C3H6O2.Ca.2H/c7-1(3(9)5(11)12)2(8)4(10)6(13)14;1-2-3(4)5;;;/h1-4,7-10H,(H,11,12)(H,13,14);2H2,1H3,(H,4,5);;;. The van der Waals surface area contributed by atoms with Gasteiger partial charge in [0, 0.05) is 6.42 Å². The van der Waals surface area contributed by atoms with Gasteiger partial charge in [-0.3, -0.25) is 4.79 Å². The number of hydrogen-bond donors (Lipinski definition) is 7. The monoisotopic (exact) mass is 326 g/mol. The zero-order chi connectivity index (χ0) is 15.7. The van der Waals surface area contributed by atoms with Gasteiger partial charge >= 0.3 is 55.6 Å². The Balaban J connectivity index is -0.000000414. The normalized spacial score (nSPS) is 15.4. The van der Waals surface area contributed by atoms with Crippen molar-refractivity contribution in [3.05, 3.63) is 0 Å². The summed E-state index contributed by atoms with van der Waals surface area (Å²) in [5.41, 5.74) is 0. The predicted octanol–water partition coefficient (Wildman–Crippen LogP) is -3.84. The molecule has 116 valence electrons. The number of aliphatic hydroxyl groups excluding tert-OH is 4. The molecule has 0 fully saturated rings. The van der Waals surface area contributed by atoms with E-state index in [4.69, 9.17) is 35.7 Å². The van der Waals surface area contributed by atoms with Crippen LogP contribution in [0.2, 0.25) is 0 Å². The third-order valence-electron chi connectivity index (χ3n) is 1.81. The maximum absolute atomic E-state index is 10.1. The van der Waals surface area contributed by atoms with Crippen LogP contribution in [0, 0.1) is 0 Å². The van der Waals surface area contributed by atoms with Crippen molar-refractivity contribution in [3.8, 4) is 0 Å². The van der Waals surface area contributed by atoms with E-state index in [1.165, 1.54) is 0 Å². The molecule has 0 aromatic heterocycles. The summed E-state index contributed by atoms with van der Waals surface area (Å²) in [6.45, 7) is 1.60. The van der Waals surface area contributed by atoms with E-state index in [1.54, 1.807) is 6.92 Å². The molecule has 0 saturated heterocycles. The average Bonchev–Trinajstić information content (AvgIpc) is 2.35. The number of aliphatic carboxylic acids is 3. The minimum atomic E-state index is -2.36. The van der Waals surface area contributed by atoms with Gasteiger partial charge in [0.1, 0.15) is 12.2 Å². The van der Waals surface area contributed by atoms with Crippen LogP contribution in [-0.2, 0) is 14.4 Å². The topological polar surface area (TPSA) is 193 Å². The van der Waals surface area contributed by atoms with Crippen molar-refractivity contribution in [1.29, 1.82) is 0 Å². The zero-order valence-corrected chi connectivity index (χ0v) is 9.87. The Hall–Kier alpha value is -0.490. The van der Waals surface area contributed by atoms with Crippen molar-refractivity contribution in [2.45, 2.75) is 37.8 Å². The van der Waals surface area contributed by atoms with Gasteiger partial charge in [0.15, 0.2) is 12.2 Å². The van der Waals surface area contributed by atoms with Crippen LogP contribution in [0.15, 0.2) is 0 Å². The van der Waals surface area contributed by atoms with Crippen molar-refractivity contribution >= 4 is 55.6 Å². The molecule has 0 rings (SSSR count). The summed E-state index contributed by atoms with van der Waals surface area (Å²) < 4.78 is 0. The van der Waals surface area contributed by atoms with Crippen LogP contribution in [0.1, 0.15) is 13.3 Å². The molecule has 0 aromatic carbocycles. The van der Waals surface area contributed by atoms with Gasteiger partial charge in [-0.1, -0.05) is 6.92 Å². The molecule has 4 unspecified atom stereocenters. The molecule has 20 heavy (non-hydrogen) atoms. The van der Waals surface area contributed by atoms with Gasteiger partial charge in [-0.25, -0.2) is 9.59 Å². The molecule has 0 aliphatic carbocycles. The number of carboxylic acid groups (broad SMARTS) is 3. The molecule has 11 heteroatoms. The van der Waals surface area contributed by atoms with Crippen LogP contribution < -0.4 is 0 Å². The molecule has 0 spiro atoms. The van der Waals surface area contributed by atoms with Crippen molar-refractivity contribution in [2.24, 2.45) is 0 Å². The molecular formula is C9H18CaO10. The van der Waals surface area contributed by atoms with E-state index in [0.717, 1.165) is 0 Å². The fourth-order valence-electron chi connectivity index (χ4n) is 0.666. The van der Waals surface area contributed by atoms with Gasteiger partial charge in [0.05, 0.1) is 0 Å². The van der Waals surface area contributed by atoms with E-state index < -0.39 is 42.3 Å². The Morgan fingerprint density at radius 1 is 0.800 bits per heavy atom. The van der Waals surface area contributed by atoms with Gasteiger partial charge in [-0.15, -0.1) is 0 Å². The van der Waals surface area contributed by atoms with Crippen molar-refractivity contribution < 1.29 is 50.1 Å². The van der Waals surface area contributed by atoms with Crippen LogP contribution in [0.3, 0.4) is 0 Å². The van der Waals surface area contributed by atoms with Gasteiger partial charge in [-0.05, 0) is 0 Å². The summed E-state index contributed by atoms with van der Waals surface area (Å²) in [5.74, 6) is -4.42. The summed E-state index contributed by atoms with van der Waals surface area (Å²) in [5, 5.41) is 59.2. The minimum absolute atomic E-state index is 0. The summed E-state index contributed by atoms with van der Waals surface area (Å²) in [4.78, 5) is 29.5. The van der Waals surface area contributed by atoms with Gasteiger partial charge < -0.3 is 35.7 Å². The maximum atomic E-state index is 10.1. The molecule has 0 aromatic rings. The van der Waals surface area contributed by atoms with Crippen LogP contribution in [0.4, 0.5) is 0 Å². The first-order valence-electron chi connectivity index (χ1n) is 4.95. The molecule has 10 nitrogen and oxygen atoms in total. The number of hydrogen-bond acceptors (Lipinski definition) is 7. The van der Waals surface area contributed by atoms with E-state index in [2.05, 4.69) is 0 Å². The summed E-state index contributed by atoms with van der Waals surface area (Å²) in [6.07, 6.45) is -9.06.